The van der Waals surface area contributed by atoms with Crippen LogP contribution in [-0.4, -0.2) is 16.1 Å². The summed E-state index contributed by atoms with van der Waals surface area (Å²) in [6.45, 7) is 0. The Bertz CT molecular complexity index is 545. The minimum Gasteiger partial charge on any atom is -0.244 e. The van der Waals surface area contributed by atoms with Crippen LogP contribution in [-0.2, 0) is 0 Å². The lowest BCUT2D eigenvalue weighted by Gasteiger charge is -2.21. The second kappa shape index (κ2) is 6.19. The summed E-state index contributed by atoms with van der Waals surface area (Å²) in [6, 6.07) is 2.27. The summed E-state index contributed by atoms with van der Waals surface area (Å²) in [7, 11) is 0. The molecule has 0 saturated heterocycles. The molecule has 0 aliphatic rings. The van der Waals surface area contributed by atoms with E-state index < -0.39 is 18.0 Å². The minimum atomic E-state index is -4.50. The normalized spacial score (nSPS) is 13.2. The molecular formula is C12H9F4N3S. The van der Waals surface area contributed by atoms with E-state index in [2.05, 4.69) is 14.7 Å². The summed E-state index contributed by atoms with van der Waals surface area (Å²) < 4.78 is 54.1. The summed E-state index contributed by atoms with van der Waals surface area (Å²) in [5.74, 6) is -0.584. The van der Waals surface area contributed by atoms with Crippen LogP contribution in [0, 0.1) is 5.82 Å². The molecule has 20 heavy (non-hydrogen) atoms. The van der Waals surface area contributed by atoms with Crippen molar-refractivity contribution >= 4 is 11.9 Å². The molecule has 1 atom stereocenters. The van der Waals surface area contributed by atoms with Crippen molar-refractivity contribution in [2.24, 2.45) is 0 Å². The van der Waals surface area contributed by atoms with Crippen LogP contribution in [0.15, 0.2) is 47.9 Å². The van der Waals surface area contributed by atoms with Gasteiger partial charge < -0.3 is 0 Å². The third kappa shape index (κ3) is 3.91. The SMILES string of the molecule is Fc1ccc([C@@H](NSc2cncnc2)C(F)(F)F)cc1. The Morgan fingerprint density at radius 3 is 2.20 bits per heavy atom. The van der Waals surface area contributed by atoms with Crippen molar-refractivity contribution in [3.05, 3.63) is 54.4 Å². The van der Waals surface area contributed by atoms with Gasteiger partial charge in [0.15, 0.2) is 0 Å². The van der Waals surface area contributed by atoms with E-state index in [4.69, 9.17) is 0 Å². The standard InChI is InChI=1S/C12H9F4N3S/c13-9-3-1-8(2-4-9)11(12(14,15)16)19-20-10-5-17-7-18-6-10/h1-7,11,19H/t11-/m1/s1. The highest BCUT2D eigenvalue weighted by Crippen LogP contribution is 2.35. The summed E-state index contributed by atoms with van der Waals surface area (Å²) in [6.07, 6.45) is -0.433. The maximum absolute atomic E-state index is 13.0. The van der Waals surface area contributed by atoms with Gasteiger partial charge in [0.2, 0.25) is 0 Å². The van der Waals surface area contributed by atoms with Crippen LogP contribution in [0.2, 0.25) is 0 Å². The van der Waals surface area contributed by atoms with E-state index in [0.29, 0.717) is 4.90 Å². The zero-order chi connectivity index (χ0) is 14.6. The molecule has 106 valence electrons. The minimum absolute atomic E-state index is 0.0664. The molecule has 0 spiro atoms. The number of rotatable bonds is 4. The van der Waals surface area contributed by atoms with Gasteiger partial charge in [-0.3, -0.25) is 0 Å². The van der Waals surface area contributed by atoms with Gasteiger partial charge >= 0.3 is 6.18 Å². The van der Waals surface area contributed by atoms with Gasteiger partial charge in [-0.25, -0.2) is 19.1 Å². The van der Waals surface area contributed by atoms with E-state index in [0.717, 1.165) is 36.2 Å². The van der Waals surface area contributed by atoms with Crippen molar-refractivity contribution in [2.75, 3.05) is 0 Å². The van der Waals surface area contributed by atoms with E-state index in [9.17, 15) is 17.6 Å². The first-order valence-corrected chi connectivity index (χ1v) is 6.28. The molecule has 1 N–H and O–H groups in total. The average Bonchev–Trinajstić information content (AvgIpc) is 2.41. The largest absolute Gasteiger partial charge is 0.408 e. The van der Waals surface area contributed by atoms with Gasteiger partial charge in [-0.2, -0.15) is 13.2 Å². The molecule has 8 heteroatoms. The van der Waals surface area contributed by atoms with Crippen LogP contribution in [0.4, 0.5) is 17.6 Å². The number of aromatic nitrogens is 2. The highest BCUT2D eigenvalue weighted by molar-refractivity contribution is 7.97. The number of hydrogen-bond acceptors (Lipinski definition) is 4. The average molecular weight is 303 g/mol. The van der Waals surface area contributed by atoms with E-state index in [1.807, 2.05) is 0 Å². The van der Waals surface area contributed by atoms with Crippen molar-refractivity contribution in [1.29, 1.82) is 0 Å². The lowest BCUT2D eigenvalue weighted by Crippen LogP contribution is -2.30. The molecule has 0 bridgehead atoms. The third-order valence-corrected chi connectivity index (χ3v) is 3.16. The summed E-state index contributed by atoms with van der Waals surface area (Å²) >= 11 is 0.766. The van der Waals surface area contributed by atoms with Gasteiger partial charge in [0.25, 0.3) is 0 Å². The van der Waals surface area contributed by atoms with E-state index in [-0.39, 0.29) is 5.56 Å². The first-order valence-electron chi connectivity index (χ1n) is 5.46. The predicted molar refractivity (Wildman–Crippen MR) is 66.2 cm³/mol. The van der Waals surface area contributed by atoms with Gasteiger partial charge in [0.1, 0.15) is 18.2 Å². The van der Waals surface area contributed by atoms with Crippen molar-refractivity contribution in [1.82, 2.24) is 14.7 Å². The molecule has 0 radical (unpaired) electrons. The third-order valence-electron chi connectivity index (χ3n) is 2.36. The van der Waals surface area contributed by atoms with Crippen molar-refractivity contribution in [3.63, 3.8) is 0 Å². The second-order valence-corrected chi connectivity index (χ2v) is 4.73. The molecule has 2 aromatic rings. The fraction of sp³-hybridized carbons (Fsp3) is 0.167. The topological polar surface area (TPSA) is 37.8 Å². The Hall–Kier alpha value is -1.67. The van der Waals surface area contributed by atoms with Crippen LogP contribution in [0.1, 0.15) is 11.6 Å². The number of alkyl halides is 3. The van der Waals surface area contributed by atoms with E-state index >= 15 is 0 Å². The van der Waals surface area contributed by atoms with Gasteiger partial charge in [0.05, 0.1) is 4.90 Å². The number of nitrogens with one attached hydrogen (secondary N) is 1. The smallest absolute Gasteiger partial charge is 0.244 e. The molecule has 3 nitrogen and oxygen atoms in total. The summed E-state index contributed by atoms with van der Waals surface area (Å²) in [4.78, 5) is 7.86. The summed E-state index contributed by atoms with van der Waals surface area (Å²) in [5.41, 5.74) is -0.0664. The molecule has 1 aromatic carbocycles. The van der Waals surface area contributed by atoms with Crippen LogP contribution in [0.25, 0.3) is 0 Å². The highest BCUT2D eigenvalue weighted by atomic mass is 32.2. The molecule has 0 aliphatic heterocycles. The van der Waals surface area contributed by atoms with Gasteiger partial charge in [-0.15, -0.1) is 0 Å². The predicted octanol–water partition coefficient (Wildman–Crippen LogP) is 3.52. The number of halogens is 4. The quantitative estimate of drug-likeness (QED) is 0.693. The molecule has 2 rings (SSSR count). The van der Waals surface area contributed by atoms with E-state index in [1.54, 1.807) is 0 Å². The second-order valence-electron chi connectivity index (χ2n) is 3.82. The highest BCUT2D eigenvalue weighted by Gasteiger charge is 2.40. The number of hydrogen-bond donors (Lipinski definition) is 1. The fourth-order valence-corrected chi connectivity index (χ4v) is 2.19. The van der Waals surface area contributed by atoms with Crippen LogP contribution in [0.3, 0.4) is 0 Å². The lowest BCUT2D eigenvalue weighted by molar-refractivity contribution is -0.152. The van der Waals surface area contributed by atoms with Crippen LogP contribution >= 0.6 is 11.9 Å². The molecule has 0 amide bonds. The van der Waals surface area contributed by atoms with E-state index in [1.165, 1.54) is 18.7 Å². The molecule has 0 unspecified atom stereocenters. The van der Waals surface area contributed by atoms with Crippen molar-refractivity contribution in [2.45, 2.75) is 17.1 Å². The lowest BCUT2D eigenvalue weighted by atomic mass is 10.1. The monoisotopic (exact) mass is 303 g/mol. The maximum atomic E-state index is 13.0. The zero-order valence-corrected chi connectivity index (χ0v) is 10.7. The van der Waals surface area contributed by atoms with Gasteiger partial charge in [-0.1, -0.05) is 12.1 Å². The molecular weight excluding hydrogens is 294 g/mol. The summed E-state index contributed by atoms with van der Waals surface area (Å²) in [5, 5.41) is 0. The molecule has 0 saturated carbocycles. The van der Waals surface area contributed by atoms with Crippen molar-refractivity contribution < 1.29 is 17.6 Å². The Morgan fingerprint density at radius 1 is 1.05 bits per heavy atom. The Morgan fingerprint density at radius 2 is 1.65 bits per heavy atom. The zero-order valence-electron chi connectivity index (χ0n) is 9.93. The Labute approximate surface area is 116 Å². The number of nitrogens with zero attached hydrogens (tertiary/aromatic N) is 2. The molecule has 0 fully saturated rings. The molecule has 1 heterocycles. The first kappa shape index (κ1) is 14.7. The van der Waals surface area contributed by atoms with Gasteiger partial charge in [-0.05, 0) is 29.6 Å². The van der Waals surface area contributed by atoms with Crippen LogP contribution < -0.4 is 4.72 Å². The number of benzene rings is 1. The molecule has 1 aromatic heterocycles. The maximum Gasteiger partial charge on any atom is 0.408 e. The van der Waals surface area contributed by atoms with Crippen LogP contribution in [0.5, 0.6) is 0 Å². The van der Waals surface area contributed by atoms with Gasteiger partial charge in [0, 0.05) is 12.4 Å². The first-order chi connectivity index (χ1) is 9.47. The molecule has 0 aliphatic carbocycles. The fourth-order valence-electron chi connectivity index (χ4n) is 1.44. The van der Waals surface area contributed by atoms with Crippen molar-refractivity contribution in [3.8, 4) is 0 Å². The Kier molecular flexibility index (Phi) is 4.56. The Balaban J connectivity index is 2.14.